The molecular formula is C15H17N5S2. The van der Waals surface area contributed by atoms with E-state index in [1.165, 1.54) is 11.3 Å². The van der Waals surface area contributed by atoms with E-state index in [1.807, 2.05) is 18.2 Å². The van der Waals surface area contributed by atoms with Crippen LogP contribution in [0.3, 0.4) is 0 Å². The van der Waals surface area contributed by atoms with Crippen molar-refractivity contribution >= 4 is 27.8 Å². The van der Waals surface area contributed by atoms with Crippen LogP contribution in [0.15, 0.2) is 29.8 Å². The van der Waals surface area contributed by atoms with E-state index >= 15 is 0 Å². The first-order chi connectivity index (χ1) is 10.6. The standard InChI is InChI=1S/C15H17N5S2/c1-9(2)13-18-12(8-21-13)10(3)17-15-20-19-14(22-15)11-6-4-5-7-16-11/h4-10H,1-3H3,(H,17,20). The topological polar surface area (TPSA) is 63.6 Å². The number of hydrogen-bond donors (Lipinski definition) is 1. The molecule has 3 aromatic heterocycles. The molecule has 0 aliphatic heterocycles. The first-order valence-corrected chi connectivity index (χ1v) is 8.80. The van der Waals surface area contributed by atoms with Crippen LogP contribution >= 0.6 is 22.7 Å². The molecule has 3 heterocycles. The normalized spacial score (nSPS) is 12.5. The zero-order valence-corrected chi connectivity index (χ0v) is 14.3. The minimum Gasteiger partial charge on any atom is -0.352 e. The van der Waals surface area contributed by atoms with Gasteiger partial charge in [-0.3, -0.25) is 4.98 Å². The summed E-state index contributed by atoms with van der Waals surface area (Å²) in [5, 5.41) is 16.6. The molecule has 0 spiro atoms. The quantitative estimate of drug-likeness (QED) is 0.753. The van der Waals surface area contributed by atoms with Gasteiger partial charge < -0.3 is 5.32 Å². The summed E-state index contributed by atoms with van der Waals surface area (Å²) < 4.78 is 0. The lowest BCUT2D eigenvalue weighted by molar-refractivity contribution is 0.799. The molecule has 0 aromatic carbocycles. The van der Waals surface area contributed by atoms with Gasteiger partial charge in [0, 0.05) is 17.5 Å². The molecule has 5 nitrogen and oxygen atoms in total. The third-order valence-corrected chi connectivity index (χ3v) is 5.17. The zero-order valence-electron chi connectivity index (χ0n) is 12.6. The number of nitrogens with zero attached hydrogens (tertiary/aromatic N) is 4. The predicted molar refractivity (Wildman–Crippen MR) is 91.4 cm³/mol. The maximum Gasteiger partial charge on any atom is 0.206 e. The second kappa shape index (κ2) is 6.50. The molecule has 3 aromatic rings. The number of nitrogens with one attached hydrogen (secondary N) is 1. The van der Waals surface area contributed by atoms with Crippen molar-refractivity contribution in [2.45, 2.75) is 32.7 Å². The minimum atomic E-state index is 0.105. The highest BCUT2D eigenvalue weighted by Crippen LogP contribution is 2.28. The van der Waals surface area contributed by atoms with E-state index in [1.54, 1.807) is 17.5 Å². The Labute approximate surface area is 137 Å². The van der Waals surface area contributed by atoms with Crippen molar-refractivity contribution in [1.82, 2.24) is 20.2 Å². The molecule has 0 fully saturated rings. The Morgan fingerprint density at radius 2 is 2.00 bits per heavy atom. The largest absolute Gasteiger partial charge is 0.352 e. The van der Waals surface area contributed by atoms with E-state index in [-0.39, 0.29) is 6.04 Å². The minimum absolute atomic E-state index is 0.105. The smallest absolute Gasteiger partial charge is 0.206 e. The van der Waals surface area contributed by atoms with Gasteiger partial charge in [0.05, 0.1) is 16.7 Å². The van der Waals surface area contributed by atoms with Gasteiger partial charge in [0.1, 0.15) is 5.69 Å². The summed E-state index contributed by atoms with van der Waals surface area (Å²) in [6, 6.07) is 5.87. The molecule has 7 heteroatoms. The summed E-state index contributed by atoms with van der Waals surface area (Å²) in [5.74, 6) is 0.461. The van der Waals surface area contributed by atoms with E-state index in [4.69, 9.17) is 0 Å². The molecule has 0 radical (unpaired) electrons. The SMILES string of the molecule is CC(C)c1nc(C(C)Nc2nnc(-c3ccccn3)s2)cs1. The zero-order chi connectivity index (χ0) is 15.5. The summed E-state index contributed by atoms with van der Waals surface area (Å²) in [4.78, 5) is 8.96. The predicted octanol–water partition coefficient (Wildman–Crippen LogP) is 4.35. The Balaban J connectivity index is 1.71. The third-order valence-electron chi connectivity index (χ3n) is 3.13. The molecule has 0 aliphatic rings. The lowest BCUT2D eigenvalue weighted by Gasteiger charge is -2.09. The van der Waals surface area contributed by atoms with Gasteiger partial charge >= 0.3 is 0 Å². The maximum atomic E-state index is 4.67. The number of hydrogen-bond acceptors (Lipinski definition) is 7. The fourth-order valence-electron chi connectivity index (χ4n) is 1.90. The van der Waals surface area contributed by atoms with Crippen LogP contribution < -0.4 is 5.32 Å². The van der Waals surface area contributed by atoms with Crippen molar-refractivity contribution in [3.8, 4) is 10.7 Å². The molecule has 0 saturated heterocycles. The van der Waals surface area contributed by atoms with Crippen molar-refractivity contribution < 1.29 is 0 Å². The summed E-state index contributed by atoms with van der Waals surface area (Å²) in [5.41, 5.74) is 1.89. The van der Waals surface area contributed by atoms with Crippen LogP contribution in [-0.4, -0.2) is 20.2 Å². The Hall–Kier alpha value is -1.86. The van der Waals surface area contributed by atoms with Crippen LogP contribution in [0, 0.1) is 0 Å². The van der Waals surface area contributed by atoms with Gasteiger partial charge in [-0.15, -0.1) is 21.5 Å². The molecular weight excluding hydrogens is 314 g/mol. The highest BCUT2D eigenvalue weighted by Gasteiger charge is 2.14. The highest BCUT2D eigenvalue weighted by atomic mass is 32.1. The van der Waals surface area contributed by atoms with E-state index in [0.29, 0.717) is 5.92 Å². The fourth-order valence-corrected chi connectivity index (χ4v) is 3.63. The van der Waals surface area contributed by atoms with Gasteiger partial charge in [-0.05, 0) is 19.1 Å². The first-order valence-electron chi connectivity index (χ1n) is 7.10. The number of rotatable bonds is 5. The molecule has 0 amide bonds. The molecule has 0 aliphatic carbocycles. The Morgan fingerprint density at radius 3 is 2.68 bits per heavy atom. The maximum absolute atomic E-state index is 4.67. The monoisotopic (exact) mass is 331 g/mol. The van der Waals surface area contributed by atoms with Gasteiger partial charge in [-0.25, -0.2) is 4.98 Å². The van der Waals surface area contributed by atoms with Crippen LogP contribution in [0.4, 0.5) is 5.13 Å². The Morgan fingerprint density at radius 1 is 1.14 bits per heavy atom. The summed E-state index contributed by atoms with van der Waals surface area (Å²) in [7, 11) is 0. The van der Waals surface area contributed by atoms with Gasteiger partial charge in [0.2, 0.25) is 5.13 Å². The van der Waals surface area contributed by atoms with E-state index in [2.05, 4.69) is 51.6 Å². The Bertz CT molecular complexity index is 735. The van der Waals surface area contributed by atoms with Crippen LogP contribution in [-0.2, 0) is 0 Å². The molecule has 3 rings (SSSR count). The highest BCUT2D eigenvalue weighted by molar-refractivity contribution is 7.18. The van der Waals surface area contributed by atoms with E-state index in [9.17, 15) is 0 Å². The van der Waals surface area contributed by atoms with Crippen LogP contribution in [0.5, 0.6) is 0 Å². The van der Waals surface area contributed by atoms with Crippen molar-refractivity contribution in [3.63, 3.8) is 0 Å². The van der Waals surface area contributed by atoms with Gasteiger partial charge in [-0.1, -0.05) is 31.3 Å². The number of thiazole rings is 1. The fraction of sp³-hybridized carbons (Fsp3) is 0.333. The van der Waals surface area contributed by atoms with Crippen LogP contribution in [0.1, 0.15) is 43.4 Å². The first kappa shape index (κ1) is 15.1. The van der Waals surface area contributed by atoms with Crippen molar-refractivity contribution in [1.29, 1.82) is 0 Å². The van der Waals surface area contributed by atoms with Gasteiger partial charge in [0.15, 0.2) is 5.01 Å². The Kier molecular flexibility index (Phi) is 4.44. The third kappa shape index (κ3) is 3.31. The van der Waals surface area contributed by atoms with Crippen LogP contribution in [0.2, 0.25) is 0 Å². The number of pyridine rings is 1. The summed E-state index contributed by atoms with van der Waals surface area (Å²) in [6.45, 7) is 6.40. The second-order valence-electron chi connectivity index (χ2n) is 5.26. The molecule has 0 saturated carbocycles. The molecule has 0 bridgehead atoms. The van der Waals surface area contributed by atoms with Gasteiger partial charge in [-0.2, -0.15) is 0 Å². The van der Waals surface area contributed by atoms with E-state index in [0.717, 1.165) is 26.5 Å². The average Bonchev–Trinajstić information content (AvgIpc) is 3.17. The van der Waals surface area contributed by atoms with Crippen LogP contribution in [0.25, 0.3) is 10.7 Å². The van der Waals surface area contributed by atoms with Gasteiger partial charge in [0.25, 0.3) is 0 Å². The average molecular weight is 331 g/mol. The molecule has 114 valence electrons. The molecule has 1 unspecified atom stereocenters. The molecule has 1 N–H and O–H groups in total. The summed E-state index contributed by atoms with van der Waals surface area (Å²) >= 11 is 3.21. The molecule has 1 atom stereocenters. The molecule has 22 heavy (non-hydrogen) atoms. The lowest BCUT2D eigenvalue weighted by atomic mass is 10.2. The van der Waals surface area contributed by atoms with Crippen molar-refractivity contribution in [2.24, 2.45) is 0 Å². The lowest BCUT2D eigenvalue weighted by Crippen LogP contribution is -2.07. The number of aromatic nitrogens is 4. The number of anilines is 1. The van der Waals surface area contributed by atoms with Crippen molar-refractivity contribution in [2.75, 3.05) is 5.32 Å². The summed E-state index contributed by atoms with van der Waals surface area (Å²) in [6.07, 6.45) is 1.76. The second-order valence-corrected chi connectivity index (χ2v) is 7.13. The van der Waals surface area contributed by atoms with Crippen molar-refractivity contribution in [3.05, 3.63) is 40.5 Å². The van der Waals surface area contributed by atoms with E-state index < -0.39 is 0 Å².